The van der Waals surface area contributed by atoms with Crippen LogP contribution in [0.25, 0.3) is 0 Å². The Bertz CT molecular complexity index is 746. The van der Waals surface area contributed by atoms with E-state index in [2.05, 4.69) is 45.8 Å². The Morgan fingerprint density at radius 2 is 1.90 bits per heavy atom. The van der Waals surface area contributed by atoms with Crippen LogP contribution in [0.2, 0.25) is 18.1 Å². The molecule has 0 saturated carbocycles. The maximum atomic E-state index is 12.2. The first-order chi connectivity index (χ1) is 13.1. The Hall–Kier alpha value is -1.24. The second-order valence-corrected chi connectivity index (χ2v) is 15.6. The fraction of sp³-hybridized carbons (Fsp3) is 0.739. The minimum absolute atomic E-state index is 0.102. The molecule has 1 N–H and O–H groups in total. The number of carbonyl (C=O) groups is 1. The molecule has 0 saturated heterocycles. The molecule has 2 rings (SSSR count). The number of aliphatic hydroxyl groups is 1. The molecule has 0 amide bonds. The largest absolute Gasteiger partial charge is 0.459 e. The van der Waals surface area contributed by atoms with E-state index in [9.17, 15) is 9.90 Å². The predicted molar refractivity (Wildman–Crippen MR) is 118 cm³/mol. The molecule has 29 heavy (non-hydrogen) atoms. The quantitative estimate of drug-likeness (QED) is 0.493. The third kappa shape index (κ3) is 5.67. The van der Waals surface area contributed by atoms with Crippen molar-refractivity contribution in [1.29, 1.82) is 0 Å². The van der Waals surface area contributed by atoms with Crippen molar-refractivity contribution in [2.75, 3.05) is 0 Å². The Morgan fingerprint density at radius 1 is 1.28 bits per heavy atom. The van der Waals surface area contributed by atoms with E-state index in [0.29, 0.717) is 12.1 Å². The first-order valence-corrected chi connectivity index (χ1v) is 13.6. The highest BCUT2D eigenvalue weighted by atomic mass is 28.4. The van der Waals surface area contributed by atoms with E-state index in [1.54, 1.807) is 0 Å². The van der Waals surface area contributed by atoms with E-state index >= 15 is 0 Å². The van der Waals surface area contributed by atoms with Gasteiger partial charge in [0.2, 0.25) is 0 Å². The topological polar surface area (TPSA) is 68.7 Å². The lowest BCUT2D eigenvalue weighted by molar-refractivity contribution is -0.154. The maximum absolute atomic E-state index is 12.2. The van der Waals surface area contributed by atoms with Gasteiger partial charge in [-0.3, -0.25) is 9.78 Å². The van der Waals surface area contributed by atoms with Gasteiger partial charge in [0, 0.05) is 0 Å². The van der Waals surface area contributed by atoms with Crippen molar-refractivity contribution in [2.45, 2.75) is 105 Å². The molecule has 1 unspecified atom stereocenters. The number of ether oxygens (including phenoxy) is 1. The highest BCUT2D eigenvalue weighted by molar-refractivity contribution is 6.74. The van der Waals surface area contributed by atoms with Crippen LogP contribution in [-0.4, -0.2) is 24.4 Å². The summed E-state index contributed by atoms with van der Waals surface area (Å²) in [5, 5.41) is 10.7. The fourth-order valence-corrected chi connectivity index (χ4v) is 4.67. The monoisotopic (exact) mass is 421 g/mol. The van der Waals surface area contributed by atoms with Crippen LogP contribution in [-0.2, 0) is 27.0 Å². The zero-order chi connectivity index (χ0) is 22.2. The van der Waals surface area contributed by atoms with Crippen molar-refractivity contribution in [3.8, 4) is 0 Å². The number of esters is 1. The molecule has 0 aliphatic heterocycles. The zero-order valence-electron chi connectivity index (χ0n) is 19.7. The number of aliphatic hydroxyl groups excluding tert-OH is 1. The maximum Gasteiger partial charge on any atom is 0.311 e. The molecule has 1 aromatic heterocycles. The van der Waals surface area contributed by atoms with Gasteiger partial charge in [-0.25, -0.2) is 0 Å². The van der Waals surface area contributed by atoms with Crippen molar-refractivity contribution in [3.05, 3.63) is 28.6 Å². The van der Waals surface area contributed by atoms with Crippen LogP contribution < -0.4 is 0 Å². The lowest BCUT2D eigenvalue weighted by atomic mass is 9.88. The van der Waals surface area contributed by atoms with Gasteiger partial charge in [0.25, 0.3) is 0 Å². The SMILES string of the molecule is C[C@H](O[Si](C)(C)C(C)(C)C)c1cc(COC(=O)C(C)(C)C)nc2c1CCCC2O. The molecule has 0 fully saturated rings. The molecule has 1 aliphatic rings. The Kier molecular flexibility index (Phi) is 7.03. The number of pyridine rings is 1. The predicted octanol–water partition coefficient (Wildman–Crippen LogP) is 5.62. The van der Waals surface area contributed by atoms with E-state index in [1.807, 2.05) is 26.8 Å². The minimum atomic E-state index is -1.96. The first-order valence-electron chi connectivity index (χ1n) is 10.7. The summed E-state index contributed by atoms with van der Waals surface area (Å²) in [7, 11) is -1.96. The molecule has 6 heteroatoms. The van der Waals surface area contributed by atoms with Crippen molar-refractivity contribution < 1.29 is 19.1 Å². The molecule has 1 aromatic rings. The lowest BCUT2D eigenvalue weighted by Crippen LogP contribution is -2.41. The minimum Gasteiger partial charge on any atom is -0.459 e. The van der Waals surface area contributed by atoms with Crippen LogP contribution in [0.15, 0.2) is 6.07 Å². The number of rotatable bonds is 5. The summed E-state index contributed by atoms with van der Waals surface area (Å²) in [5.74, 6) is -0.260. The van der Waals surface area contributed by atoms with Gasteiger partial charge < -0.3 is 14.3 Å². The van der Waals surface area contributed by atoms with Crippen molar-refractivity contribution in [2.24, 2.45) is 5.41 Å². The zero-order valence-corrected chi connectivity index (χ0v) is 20.7. The van der Waals surface area contributed by atoms with Crippen LogP contribution in [0.5, 0.6) is 0 Å². The fourth-order valence-electron chi connectivity index (χ4n) is 3.30. The molecule has 0 aromatic carbocycles. The summed E-state index contributed by atoms with van der Waals surface area (Å²) < 4.78 is 12.1. The molecule has 164 valence electrons. The van der Waals surface area contributed by atoms with E-state index < -0.39 is 19.8 Å². The third-order valence-electron chi connectivity index (χ3n) is 6.14. The lowest BCUT2D eigenvalue weighted by Gasteiger charge is -2.39. The molecule has 1 aliphatic carbocycles. The molecule has 0 bridgehead atoms. The van der Waals surface area contributed by atoms with E-state index in [4.69, 9.17) is 9.16 Å². The van der Waals surface area contributed by atoms with Gasteiger partial charge in [0.15, 0.2) is 8.32 Å². The average Bonchev–Trinajstić information content (AvgIpc) is 2.57. The second kappa shape index (κ2) is 8.48. The molecular formula is C23H39NO4Si. The van der Waals surface area contributed by atoms with Crippen LogP contribution in [0.3, 0.4) is 0 Å². The summed E-state index contributed by atoms with van der Waals surface area (Å²) in [5.41, 5.74) is 3.00. The molecular weight excluding hydrogens is 382 g/mol. The summed E-state index contributed by atoms with van der Waals surface area (Å²) in [6.07, 6.45) is 1.86. The first kappa shape index (κ1) is 24.0. The number of aromatic nitrogens is 1. The van der Waals surface area contributed by atoms with Crippen LogP contribution >= 0.6 is 0 Å². The highest BCUT2D eigenvalue weighted by Crippen LogP contribution is 2.41. The Morgan fingerprint density at radius 3 is 2.45 bits per heavy atom. The van der Waals surface area contributed by atoms with E-state index in [0.717, 1.165) is 29.7 Å². The number of hydrogen-bond donors (Lipinski definition) is 1. The van der Waals surface area contributed by atoms with E-state index in [1.165, 1.54) is 0 Å². The van der Waals surface area contributed by atoms with Gasteiger partial charge in [-0.2, -0.15) is 0 Å². The number of nitrogens with zero attached hydrogens (tertiary/aromatic N) is 1. The highest BCUT2D eigenvalue weighted by Gasteiger charge is 2.39. The summed E-state index contributed by atoms with van der Waals surface area (Å²) in [6, 6.07) is 2.00. The number of carbonyl (C=O) groups excluding carboxylic acids is 1. The normalized spacial score (nSPS) is 18.9. The molecule has 1 heterocycles. The summed E-state index contributed by atoms with van der Waals surface area (Å²) in [6.45, 7) is 18.9. The van der Waals surface area contributed by atoms with Crippen LogP contribution in [0, 0.1) is 5.41 Å². The average molecular weight is 422 g/mol. The van der Waals surface area contributed by atoms with Crippen molar-refractivity contribution in [1.82, 2.24) is 4.98 Å². The van der Waals surface area contributed by atoms with Gasteiger partial charge in [0.05, 0.1) is 29.0 Å². The standard InChI is InChI=1S/C23H39NO4Si/c1-15(28-29(8,9)23(5,6)7)18-13-16(14-27-21(26)22(2,3)4)24-20-17(18)11-10-12-19(20)25/h13,15,19,25H,10-12,14H2,1-9H3/t15-,19?/m0/s1. The van der Waals surface area contributed by atoms with Crippen LogP contribution in [0.1, 0.15) is 96.0 Å². The third-order valence-corrected chi connectivity index (χ3v) is 10.7. The van der Waals surface area contributed by atoms with Gasteiger partial charge >= 0.3 is 5.97 Å². The smallest absolute Gasteiger partial charge is 0.311 e. The second-order valence-electron chi connectivity index (χ2n) is 10.8. The Labute approximate surface area is 177 Å². The molecule has 0 spiro atoms. The van der Waals surface area contributed by atoms with Crippen molar-refractivity contribution >= 4 is 14.3 Å². The summed E-state index contributed by atoms with van der Waals surface area (Å²) >= 11 is 0. The Balaban J connectivity index is 2.37. The van der Waals surface area contributed by atoms with Gasteiger partial charge in [0.1, 0.15) is 6.61 Å². The molecule has 2 atom stereocenters. The summed E-state index contributed by atoms with van der Waals surface area (Å²) in [4.78, 5) is 16.9. The van der Waals surface area contributed by atoms with Gasteiger partial charge in [-0.05, 0) is 82.3 Å². The number of fused-ring (bicyclic) bond motifs is 1. The molecule has 5 nitrogen and oxygen atoms in total. The number of hydrogen-bond acceptors (Lipinski definition) is 5. The molecule has 0 radical (unpaired) electrons. The van der Waals surface area contributed by atoms with Gasteiger partial charge in [-0.15, -0.1) is 0 Å². The van der Waals surface area contributed by atoms with E-state index in [-0.39, 0.29) is 23.7 Å². The van der Waals surface area contributed by atoms with Crippen molar-refractivity contribution in [3.63, 3.8) is 0 Å². The van der Waals surface area contributed by atoms with Crippen LogP contribution in [0.4, 0.5) is 0 Å². The van der Waals surface area contributed by atoms with Gasteiger partial charge in [-0.1, -0.05) is 20.8 Å².